The number of rotatable bonds is 4. The summed E-state index contributed by atoms with van der Waals surface area (Å²) in [5, 5.41) is 12.8. The molecule has 1 aliphatic carbocycles. The van der Waals surface area contributed by atoms with Crippen molar-refractivity contribution in [1.82, 2.24) is 5.32 Å². The molecule has 4 heteroatoms. The van der Waals surface area contributed by atoms with Crippen LogP contribution in [0.2, 0.25) is 0 Å². The summed E-state index contributed by atoms with van der Waals surface area (Å²) in [4.78, 5) is 12.2. The standard InChI is InChI=1S/C14H28N2O2/c1-13(2,14(3,4)15)12(18)16-9-10-7-5-6-8-11(10)17/h10-11,17H,5-9,15H2,1-4H3,(H,16,18). The molecule has 0 aliphatic heterocycles. The molecule has 4 nitrogen and oxygen atoms in total. The van der Waals surface area contributed by atoms with Gasteiger partial charge in [-0.2, -0.15) is 0 Å². The third kappa shape index (κ3) is 3.45. The molecule has 18 heavy (non-hydrogen) atoms. The summed E-state index contributed by atoms with van der Waals surface area (Å²) in [5.74, 6) is 0.159. The molecule has 0 spiro atoms. The molecule has 0 saturated heterocycles. The van der Waals surface area contributed by atoms with Crippen LogP contribution in [0.4, 0.5) is 0 Å². The van der Waals surface area contributed by atoms with Gasteiger partial charge in [-0.25, -0.2) is 0 Å². The van der Waals surface area contributed by atoms with Gasteiger partial charge in [0.15, 0.2) is 0 Å². The van der Waals surface area contributed by atoms with E-state index in [1.165, 1.54) is 0 Å². The van der Waals surface area contributed by atoms with Crippen molar-refractivity contribution in [1.29, 1.82) is 0 Å². The highest BCUT2D eigenvalue weighted by Gasteiger charge is 2.40. The lowest BCUT2D eigenvalue weighted by Gasteiger charge is -2.37. The van der Waals surface area contributed by atoms with Crippen LogP contribution in [0.3, 0.4) is 0 Å². The second kappa shape index (κ2) is 5.57. The van der Waals surface area contributed by atoms with Crippen LogP contribution in [-0.4, -0.2) is 29.2 Å². The molecule has 106 valence electrons. The van der Waals surface area contributed by atoms with E-state index in [1.54, 1.807) is 0 Å². The first-order valence-corrected chi connectivity index (χ1v) is 6.91. The molecule has 2 atom stereocenters. The summed E-state index contributed by atoms with van der Waals surface area (Å²) in [6.45, 7) is 8.00. The normalized spacial score (nSPS) is 25.9. The van der Waals surface area contributed by atoms with E-state index in [0.29, 0.717) is 6.54 Å². The molecule has 1 saturated carbocycles. The molecule has 2 unspecified atom stereocenters. The van der Waals surface area contributed by atoms with Crippen molar-refractivity contribution in [3.8, 4) is 0 Å². The number of nitrogens with two attached hydrogens (primary N) is 1. The minimum atomic E-state index is -0.618. The van der Waals surface area contributed by atoms with Crippen LogP contribution in [0.25, 0.3) is 0 Å². The molecule has 1 amide bonds. The summed E-state index contributed by atoms with van der Waals surface area (Å²) in [5.41, 5.74) is 4.85. The molecule has 1 rings (SSSR count). The fourth-order valence-electron chi connectivity index (χ4n) is 2.16. The number of carbonyl (C=O) groups excluding carboxylic acids is 1. The van der Waals surface area contributed by atoms with Crippen LogP contribution < -0.4 is 11.1 Å². The van der Waals surface area contributed by atoms with Gasteiger partial charge in [-0.05, 0) is 40.5 Å². The Bertz CT molecular complexity index is 295. The van der Waals surface area contributed by atoms with Gasteiger partial charge in [0.2, 0.25) is 5.91 Å². The second-order valence-corrected chi connectivity index (χ2v) is 6.67. The number of hydrogen-bond donors (Lipinski definition) is 3. The third-order valence-electron chi connectivity index (χ3n) is 4.57. The number of amides is 1. The summed E-state index contributed by atoms with van der Waals surface area (Å²) in [6, 6.07) is 0. The zero-order valence-corrected chi connectivity index (χ0v) is 12.1. The second-order valence-electron chi connectivity index (χ2n) is 6.67. The number of carbonyl (C=O) groups is 1. The number of nitrogens with one attached hydrogen (secondary N) is 1. The van der Waals surface area contributed by atoms with Crippen molar-refractivity contribution >= 4 is 5.91 Å². The third-order valence-corrected chi connectivity index (χ3v) is 4.57. The van der Waals surface area contributed by atoms with Crippen molar-refractivity contribution in [3.63, 3.8) is 0 Å². The first kappa shape index (κ1) is 15.4. The Morgan fingerprint density at radius 2 is 1.83 bits per heavy atom. The first-order chi connectivity index (χ1) is 8.16. The Kier molecular flexibility index (Phi) is 4.78. The van der Waals surface area contributed by atoms with Gasteiger partial charge in [0.05, 0.1) is 11.5 Å². The van der Waals surface area contributed by atoms with Gasteiger partial charge in [-0.15, -0.1) is 0 Å². The van der Waals surface area contributed by atoms with E-state index in [-0.39, 0.29) is 17.9 Å². The van der Waals surface area contributed by atoms with E-state index in [4.69, 9.17) is 5.73 Å². The molecule has 4 N–H and O–H groups in total. The Labute approximate surface area is 110 Å². The number of hydrogen-bond acceptors (Lipinski definition) is 3. The van der Waals surface area contributed by atoms with E-state index < -0.39 is 11.0 Å². The number of aliphatic hydroxyl groups excluding tert-OH is 1. The zero-order valence-electron chi connectivity index (χ0n) is 12.1. The Morgan fingerprint density at radius 3 is 2.33 bits per heavy atom. The predicted octanol–water partition coefficient (Wildman–Crippen LogP) is 1.42. The van der Waals surface area contributed by atoms with Gasteiger partial charge in [0.25, 0.3) is 0 Å². The highest BCUT2D eigenvalue weighted by atomic mass is 16.3. The zero-order chi connectivity index (χ0) is 14.0. The lowest BCUT2D eigenvalue weighted by molar-refractivity contribution is -0.132. The number of aliphatic hydroxyl groups is 1. The van der Waals surface area contributed by atoms with Crippen LogP contribution in [0.15, 0.2) is 0 Å². The maximum Gasteiger partial charge on any atom is 0.227 e. The topological polar surface area (TPSA) is 75.4 Å². The molecule has 1 fully saturated rings. The Morgan fingerprint density at radius 1 is 1.28 bits per heavy atom. The monoisotopic (exact) mass is 256 g/mol. The van der Waals surface area contributed by atoms with E-state index in [9.17, 15) is 9.90 Å². The highest BCUT2D eigenvalue weighted by molar-refractivity contribution is 5.83. The molecular weight excluding hydrogens is 228 g/mol. The van der Waals surface area contributed by atoms with E-state index in [2.05, 4.69) is 5.32 Å². The van der Waals surface area contributed by atoms with Crippen LogP contribution in [0.5, 0.6) is 0 Å². The molecule has 1 aliphatic rings. The molecule has 0 aromatic heterocycles. The summed E-state index contributed by atoms with van der Waals surface area (Å²) in [7, 11) is 0. The van der Waals surface area contributed by atoms with Gasteiger partial charge in [-0.1, -0.05) is 12.8 Å². The van der Waals surface area contributed by atoms with Crippen molar-refractivity contribution in [2.75, 3.05) is 6.54 Å². The van der Waals surface area contributed by atoms with Crippen molar-refractivity contribution in [2.45, 2.75) is 65.0 Å². The maximum atomic E-state index is 12.2. The average molecular weight is 256 g/mol. The molecule has 0 radical (unpaired) electrons. The molecule has 0 bridgehead atoms. The molecular formula is C14H28N2O2. The van der Waals surface area contributed by atoms with Crippen LogP contribution in [0, 0.1) is 11.3 Å². The summed E-state index contributed by atoms with van der Waals surface area (Å²) >= 11 is 0. The lowest BCUT2D eigenvalue weighted by Crippen LogP contribution is -2.56. The van der Waals surface area contributed by atoms with Gasteiger partial charge in [-0.3, -0.25) is 4.79 Å². The van der Waals surface area contributed by atoms with E-state index in [1.807, 2.05) is 27.7 Å². The predicted molar refractivity (Wildman–Crippen MR) is 73.0 cm³/mol. The van der Waals surface area contributed by atoms with Gasteiger partial charge >= 0.3 is 0 Å². The van der Waals surface area contributed by atoms with Crippen molar-refractivity contribution in [2.24, 2.45) is 17.1 Å². The fraction of sp³-hybridized carbons (Fsp3) is 0.929. The van der Waals surface area contributed by atoms with Crippen molar-refractivity contribution in [3.05, 3.63) is 0 Å². The average Bonchev–Trinajstić information content (AvgIpc) is 2.26. The van der Waals surface area contributed by atoms with E-state index in [0.717, 1.165) is 25.7 Å². The molecule has 0 aromatic carbocycles. The molecule has 0 aromatic rings. The summed E-state index contributed by atoms with van der Waals surface area (Å²) in [6.07, 6.45) is 3.81. The fourth-order valence-corrected chi connectivity index (χ4v) is 2.16. The Hall–Kier alpha value is -0.610. The Balaban J connectivity index is 2.50. The van der Waals surface area contributed by atoms with Crippen molar-refractivity contribution < 1.29 is 9.90 Å². The van der Waals surface area contributed by atoms with Crippen LogP contribution in [-0.2, 0) is 4.79 Å². The van der Waals surface area contributed by atoms with Gasteiger partial charge in [0.1, 0.15) is 0 Å². The maximum absolute atomic E-state index is 12.2. The smallest absolute Gasteiger partial charge is 0.227 e. The largest absolute Gasteiger partial charge is 0.393 e. The highest BCUT2D eigenvalue weighted by Crippen LogP contribution is 2.29. The first-order valence-electron chi connectivity index (χ1n) is 6.91. The lowest BCUT2D eigenvalue weighted by atomic mass is 9.74. The van der Waals surface area contributed by atoms with Gasteiger partial charge in [0, 0.05) is 18.0 Å². The SMILES string of the molecule is CC(C)(N)C(C)(C)C(=O)NCC1CCCCC1O. The van der Waals surface area contributed by atoms with Crippen LogP contribution >= 0.6 is 0 Å². The van der Waals surface area contributed by atoms with Gasteiger partial charge < -0.3 is 16.2 Å². The van der Waals surface area contributed by atoms with E-state index >= 15 is 0 Å². The summed E-state index contributed by atoms with van der Waals surface area (Å²) < 4.78 is 0. The minimum absolute atomic E-state index is 0.0345. The quantitative estimate of drug-likeness (QED) is 0.712. The molecule has 0 heterocycles. The van der Waals surface area contributed by atoms with Crippen LogP contribution in [0.1, 0.15) is 53.4 Å². The minimum Gasteiger partial charge on any atom is -0.393 e.